The van der Waals surface area contributed by atoms with Gasteiger partial charge >= 0.3 is 0 Å². The Kier molecular flexibility index (Phi) is 6.15. The van der Waals surface area contributed by atoms with Crippen LogP contribution in [0.25, 0.3) is 0 Å². The van der Waals surface area contributed by atoms with Crippen molar-refractivity contribution in [2.75, 3.05) is 19.4 Å². The monoisotopic (exact) mass is 362 g/mol. The highest BCUT2D eigenvalue weighted by Crippen LogP contribution is 2.26. The van der Waals surface area contributed by atoms with Crippen molar-refractivity contribution in [3.05, 3.63) is 45.9 Å². The lowest BCUT2D eigenvalue weighted by Gasteiger charge is -2.13. The van der Waals surface area contributed by atoms with E-state index in [1.54, 1.807) is 23.1 Å². The van der Waals surface area contributed by atoms with E-state index in [1.165, 1.54) is 0 Å². The van der Waals surface area contributed by atoms with E-state index in [4.69, 9.17) is 4.74 Å². The molecule has 0 saturated heterocycles. The molecule has 4 nitrogen and oxygen atoms in total. The highest BCUT2D eigenvalue weighted by Gasteiger charge is 2.23. The van der Waals surface area contributed by atoms with Crippen molar-refractivity contribution in [2.45, 2.75) is 25.0 Å². The van der Waals surface area contributed by atoms with Gasteiger partial charge in [0.05, 0.1) is 12.3 Å². The number of thioether (sulfide) groups is 1. The molecular formula is C18H22N2O2S2. The molecule has 1 N–H and O–H groups in total. The molecule has 1 aliphatic rings. The minimum atomic E-state index is -0.0175. The largest absolute Gasteiger partial charge is 0.493 e. The summed E-state index contributed by atoms with van der Waals surface area (Å²) in [4.78, 5) is 17.1. The molecule has 0 spiro atoms. The SMILES string of the molecule is CSCc1nc(CCNC(=O)[C@H]2CCOc3ccccc3C2)cs1. The van der Waals surface area contributed by atoms with Gasteiger partial charge in [-0.25, -0.2) is 4.98 Å². The first-order chi connectivity index (χ1) is 11.8. The van der Waals surface area contributed by atoms with Crippen molar-refractivity contribution in [1.82, 2.24) is 10.3 Å². The molecule has 1 amide bonds. The zero-order chi connectivity index (χ0) is 16.8. The minimum absolute atomic E-state index is 0.0175. The standard InChI is InChI=1S/C18H22N2O2S2/c1-23-12-17-20-15(11-24-17)6-8-19-18(21)14-7-9-22-16-5-3-2-4-13(16)10-14/h2-5,11,14H,6-10,12H2,1H3,(H,19,21)/t14-/m0/s1. The topological polar surface area (TPSA) is 51.2 Å². The lowest BCUT2D eigenvalue weighted by molar-refractivity contribution is -0.125. The van der Waals surface area contributed by atoms with E-state index >= 15 is 0 Å². The molecule has 1 aliphatic heterocycles. The summed E-state index contributed by atoms with van der Waals surface area (Å²) in [6.45, 7) is 1.24. The van der Waals surface area contributed by atoms with E-state index < -0.39 is 0 Å². The van der Waals surface area contributed by atoms with Gasteiger partial charge in [-0.15, -0.1) is 11.3 Å². The number of nitrogens with zero attached hydrogens (tertiary/aromatic N) is 1. The maximum absolute atomic E-state index is 12.5. The number of benzene rings is 1. The Morgan fingerprint density at radius 2 is 2.33 bits per heavy atom. The number of nitrogens with one attached hydrogen (secondary N) is 1. The Balaban J connectivity index is 1.49. The number of ether oxygens (including phenoxy) is 1. The number of carbonyl (C=O) groups is 1. The first-order valence-corrected chi connectivity index (χ1v) is 10.4. The Labute approximate surface area is 151 Å². The van der Waals surface area contributed by atoms with Crippen LogP contribution in [0.15, 0.2) is 29.6 Å². The molecule has 0 aliphatic carbocycles. The van der Waals surface area contributed by atoms with Gasteiger partial charge in [0.25, 0.3) is 0 Å². The maximum Gasteiger partial charge on any atom is 0.223 e. The van der Waals surface area contributed by atoms with Crippen molar-refractivity contribution >= 4 is 29.0 Å². The van der Waals surface area contributed by atoms with Crippen LogP contribution in [0.5, 0.6) is 5.75 Å². The van der Waals surface area contributed by atoms with E-state index in [0.717, 1.165) is 47.0 Å². The normalized spacial score (nSPS) is 16.8. The van der Waals surface area contributed by atoms with Crippen LogP contribution in [0.2, 0.25) is 0 Å². The summed E-state index contributed by atoms with van der Waals surface area (Å²) in [5.74, 6) is 1.97. The summed E-state index contributed by atoms with van der Waals surface area (Å²) >= 11 is 3.47. The highest BCUT2D eigenvalue weighted by molar-refractivity contribution is 7.97. The summed E-state index contributed by atoms with van der Waals surface area (Å²) in [7, 11) is 0. The number of para-hydroxylation sites is 1. The molecule has 3 rings (SSSR count). The molecule has 1 aromatic heterocycles. The van der Waals surface area contributed by atoms with E-state index in [0.29, 0.717) is 13.2 Å². The lowest BCUT2D eigenvalue weighted by atomic mass is 9.96. The Hall–Kier alpha value is -1.53. The summed E-state index contributed by atoms with van der Waals surface area (Å²) < 4.78 is 5.74. The second-order valence-corrected chi connectivity index (χ2v) is 7.66. The third-order valence-electron chi connectivity index (χ3n) is 4.08. The quantitative estimate of drug-likeness (QED) is 0.857. The average Bonchev–Trinajstić information content (AvgIpc) is 2.91. The van der Waals surface area contributed by atoms with Gasteiger partial charge in [-0.05, 0) is 30.7 Å². The van der Waals surface area contributed by atoms with Crippen LogP contribution >= 0.6 is 23.1 Å². The molecule has 128 valence electrons. The summed E-state index contributed by atoms with van der Waals surface area (Å²) in [6.07, 6.45) is 4.37. The van der Waals surface area contributed by atoms with Crippen LogP contribution in [-0.4, -0.2) is 30.3 Å². The average molecular weight is 363 g/mol. The van der Waals surface area contributed by atoms with Crippen LogP contribution in [-0.2, 0) is 23.4 Å². The minimum Gasteiger partial charge on any atom is -0.493 e. The number of rotatable bonds is 6. The Morgan fingerprint density at radius 1 is 1.46 bits per heavy atom. The number of fused-ring (bicyclic) bond motifs is 1. The third kappa shape index (κ3) is 4.51. The molecule has 6 heteroatoms. The zero-order valence-electron chi connectivity index (χ0n) is 13.8. The van der Waals surface area contributed by atoms with Gasteiger partial charge in [-0.3, -0.25) is 4.79 Å². The molecule has 0 saturated carbocycles. The smallest absolute Gasteiger partial charge is 0.223 e. The van der Waals surface area contributed by atoms with Gasteiger partial charge in [0, 0.05) is 30.0 Å². The predicted octanol–water partition coefficient (Wildman–Crippen LogP) is 3.31. The Morgan fingerprint density at radius 3 is 3.21 bits per heavy atom. The molecule has 1 aromatic carbocycles. The van der Waals surface area contributed by atoms with Gasteiger partial charge < -0.3 is 10.1 Å². The van der Waals surface area contributed by atoms with Crippen molar-refractivity contribution in [2.24, 2.45) is 5.92 Å². The van der Waals surface area contributed by atoms with Crippen LogP contribution in [0.3, 0.4) is 0 Å². The second kappa shape index (κ2) is 8.53. The van der Waals surface area contributed by atoms with Crippen molar-refractivity contribution in [3.8, 4) is 5.75 Å². The van der Waals surface area contributed by atoms with Gasteiger partial charge in [-0.1, -0.05) is 18.2 Å². The van der Waals surface area contributed by atoms with E-state index in [-0.39, 0.29) is 11.8 Å². The highest BCUT2D eigenvalue weighted by atomic mass is 32.2. The van der Waals surface area contributed by atoms with Crippen molar-refractivity contribution in [1.29, 1.82) is 0 Å². The predicted molar refractivity (Wildman–Crippen MR) is 99.8 cm³/mol. The molecular weight excluding hydrogens is 340 g/mol. The number of thiazole rings is 1. The van der Waals surface area contributed by atoms with Crippen molar-refractivity contribution in [3.63, 3.8) is 0 Å². The zero-order valence-corrected chi connectivity index (χ0v) is 15.4. The van der Waals surface area contributed by atoms with Gasteiger partial charge in [0.2, 0.25) is 5.91 Å². The fourth-order valence-electron chi connectivity index (χ4n) is 2.83. The molecule has 0 unspecified atom stereocenters. The molecule has 24 heavy (non-hydrogen) atoms. The lowest BCUT2D eigenvalue weighted by Crippen LogP contribution is -2.33. The van der Waals surface area contributed by atoms with Crippen LogP contribution in [0, 0.1) is 5.92 Å². The number of amides is 1. The van der Waals surface area contributed by atoms with Gasteiger partial charge in [-0.2, -0.15) is 11.8 Å². The maximum atomic E-state index is 12.5. The first kappa shape index (κ1) is 17.3. The number of hydrogen-bond donors (Lipinski definition) is 1. The molecule has 0 bridgehead atoms. The molecule has 0 fully saturated rings. The van der Waals surface area contributed by atoms with E-state index in [1.807, 2.05) is 24.3 Å². The van der Waals surface area contributed by atoms with Crippen LogP contribution in [0.4, 0.5) is 0 Å². The molecule has 2 heterocycles. The number of aromatic nitrogens is 1. The van der Waals surface area contributed by atoms with Gasteiger partial charge in [0.15, 0.2) is 0 Å². The summed E-state index contributed by atoms with van der Waals surface area (Å²) in [5.41, 5.74) is 2.19. The van der Waals surface area contributed by atoms with E-state index in [2.05, 4.69) is 21.9 Å². The second-order valence-electron chi connectivity index (χ2n) is 5.85. The number of hydrogen-bond acceptors (Lipinski definition) is 5. The number of carbonyl (C=O) groups excluding carboxylic acids is 1. The first-order valence-electron chi connectivity index (χ1n) is 8.17. The van der Waals surface area contributed by atoms with Crippen LogP contribution in [0.1, 0.15) is 22.7 Å². The fourth-order valence-corrected chi connectivity index (χ4v) is 4.38. The molecule has 1 atom stereocenters. The van der Waals surface area contributed by atoms with Gasteiger partial charge in [0.1, 0.15) is 10.8 Å². The van der Waals surface area contributed by atoms with Crippen molar-refractivity contribution < 1.29 is 9.53 Å². The molecule has 2 aromatic rings. The molecule has 0 radical (unpaired) electrons. The summed E-state index contributed by atoms with van der Waals surface area (Å²) in [5, 5.41) is 6.31. The van der Waals surface area contributed by atoms with Crippen LogP contribution < -0.4 is 10.1 Å². The van der Waals surface area contributed by atoms with E-state index in [9.17, 15) is 4.79 Å². The summed E-state index contributed by atoms with van der Waals surface area (Å²) in [6, 6.07) is 7.99. The Bertz CT molecular complexity index is 687. The fraction of sp³-hybridized carbons (Fsp3) is 0.444. The third-order valence-corrected chi connectivity index (χ3v) is 5.72.